The minimum Gasteiger partial charge on any atom is -0.495 e. The van der Waals surface area contributed by atoms with Crippen LogP contribution >= 0.6 is 0 Å². The minimum atomic E-state index is 0.427. The van der Waals surface area contributed by atoms with Crippen LogP contribution in [0.5, 0.6) is 5.75 Å². The van der Waals surface area contributed by atoms with Crippen LogP contribution in [0.15, 0.2) is 41.2 Å². The molecular weight excluding hydrogens is 374 g/mol. The maximum Gasteiger partial charge on any atom is 0.204 e. The molecule has 0 unspecified atom stereocenters. The second kappa shape index (κ2) is 7.40. The number of fused-ring (bicyclic) bond motifs is 1. The van der Waals surface area contributed by atoms with Gasteiger partial charge >= 0.3 is 0 Å². The molecule has 1 aliphatic rings. The van der Waals surface area contributed by atoms with Crippen LogP contribution in [0.1, 0.15) is 0 Å². The molecule has 2 N–H and O–H groups in total. The van der Waals surface area contributed by atoms with Gasteiger partial charge in [-0.1, -0.05) is 5.16 Å². The van der Waals surface area contributed by atoms with Crippen LogP contribution in [0.4, 0.5) is 17.2 Å². The van der Waals surface area contributed by atoms with E-state index in [0.717, 1.165) is 30.2 Å². The fourth-order valence-corrected chi connectivity index (χ4v) is 3.33. The molecule has 3 aromatic heterocycles. The lowest BCUT2D eigenvalue weighted by atomic mass is 10.2. The number of aromatic amines is 1. The molecule has 0 bridgehead atoms. The fraction of sp³-hybridized carbons (Fsp3) is 0.263. The molecule has 4 aromatic rings. The first-order chi connectivity index (χ1) is 14.3. The number of anilines is 3. The van der Waals surface area contributed by atoms with Crippen molar-refractivity contribution in [2.45, 2.75) is 0 Å². The number of aromatic nitrogens is 5. The summed E-state index contributed by atoms with van der Waals surface area (Å²) in [5, 5.41) is 14.1. The summed E-state index contributed by atoms with van der Waals surface area (Å²) in [4.78, 5) is 11.3. The first kappa shape index (κ1) is 17.4. The maximum atomic E-state index is 5.63. The molecule has 0 atom stereocenters. The summed E-state index contributed by atoms with van der Waals surface area (Å²) < 4.78 is 16.3. The summed E-state index contributed by atoms with van der Waals surface area (Å²) in [6, 6.07) is 7.69. The van der Waals surface area contributed by atoms with Gasteiger partial charge in [0.15, 0.2) is 5.82 Å². The zero-order valence-corrected chi connectivity index (χ0v) is 15.8. The van der Waals surface area contributed by atoms with E-state index in [1.165, 1.54) is 0 Å². The zero-order chi connectivity index (χ0) is 19.6. The van der Waals surface area contributed by atoms with Gasteiger partial charge in [-0.25, -0.2) is 9.97 Å². The molecule has 1 fully saturated rings. The highest BCUT2D eigenvalue weighted by Crippen LogP contribution is 2.33. The topological polar surface area (TPSA) is 114 Å². The zero-order valence-electron chi connectivity index (χ0n) is 15.8. The Balaban J connectivity index is 1.50. The summed E-state index contributed by atoms with van der Waals surface area (Å²) in [6.45, 7) is 3.10. The van der Waals surface area contributed by atoms with E-state index in [2.05, 4.69) is 35.5 Å². The van der Waals surface area contributed by atoms with Crippen LogP contribution < -0.4 is 15.0 Å². The molecule has 0 amide bonds. The molecule has 148 valence electrons. The van der Waals surface area contributed by atoms with Gasteiger partial charge in [-0.05, 0) is 12.1 Å². The van der Waals surface area contributed by atoms with E-state index in [-0.39, 0.29) is 0 Å². The lowest BCUT2D eigenvalue weighted by molar-refractivity contribution is 0.122. The average molecular weight is 393 g/mol. The van der Waals surface area contributed by atoms with Crippen molar-refractivity contribution < 1.29 is 14.0 Å². The van der Waals surface area contributed by atoms with Crippen molar-refractivity contribution in [1.29, 1.82) is 0 Å². The number of hydrogen-bond donors (Lipinski definition) is 2. The Kier molecular flexibility index (Phi) is 4.45. The Labute approximate surface area is 165 Å². The van der Waals surface area contributed by atoms with E-state index >= 15 is 0 Å². The molecule has 10 heteroatoms. The molecule has 0 spiro atoms. The van der Waals surface area contributed by atoms with Gasteiger partial charge in [-0.15, -0.1) is 0 Å². The highest BCUT2D eigenvalue weighted by molar-refractivity contribution is 5.88. The third kappa shape index (κ3) is 3.34. The Bertz CT molecular complexity index is 1120. The van der Waals surface area contributed by atoms with Crippen LogP contribution in [-0.4, -0.2) is 58.7 Å². The molecule has 1 aromatic carbocycles. The number of morpholine rings is 1. The monoisotopic (exact) mass is 393 g/mol. The van der Waals surface area contributed by atoms with Gasteiger partial charge < -0.3 is 24.2 Å². The first-order valence-corrected chi connectivity index (χ1v) is 9.22. The number of nitrogens with one attached hydrogen (secondary N) is 2. The SMILES string of the molecule is COc1cc(Nc2nc(-c3ccno3)nc3cn[nH]c23)ccc1N1CCOCC1. The smallest absolute Gasteiger partial charge is 0.204 e. The predicted molar refractivity (Wildman–Crippen MR) is 106 cm³/mol. The Morgan fingerprint density at radius 3 is 2.86 bits per heavy atom. The van der Waals surface area contributed by atoms with E-state index < -0.39 is 0 Å². The lowest BCUT2D eigenvalue weighted by Crippen LogP contribution is -2.36. The molecule has 5 rings (SSSR count). The van der Waals surface area contributed by atoms with Crippen molar-refractivity contribution in [3.63, 3.8) is 0 Å². The van der Waals surface area contributed by atoms with Crippen LogP contribution in [0.3, 0.4) is 0 Å². The molecule has 0 saturated carbocycles. The second-order valence-corrected chi connectivity index (χ2v) is 6.51. The van der Waals surface area contributed by atoms with Crippen LogP contribution in [-0.2, 0) is 4.74 Å². The van der Waals surface area contributed by atoms with Crippen molar-refractivity contribution in [2.75, 3.05) is 43.6 Å². The number of benzene rings is 1. The molecule has 4 heterocycles. The summed E-state index contributed by atoms with van der Waals surface area (Å²) >= 11 is 0. The lowest BCUT2D eigenvalue weighted by Gasteiger charge is -2.30. The normalized spacial score (nSPS) is 14.3. The minimum absolute atomic E-state index is 0.427. The van der Waals surface area contributed by atoms with Gasteiger partial charge in [0, 0.05) is 30.9 Å². The average Bonchev–Trinajstić information content (AvgIpc) is 3.46. The van der Waals surface area contributed by atoms with E-state index in [4.69, 9.17) is 14.0 Å². The predicted octanol–water partition coefficient (Wildman–Crippen LogP) is 2.60. The van der Waals surface area contributed by atoms with Crippen LogP contribution in [0.25, 0.3) is 22.6 Å². The highest BCUT2D eigenvalue weighted by atomic mass is 16.5. The highest BCUT2D eigenvalue weighted by Gasteiger charge is 2.17. The number of H-pyrrole nitrogens is 1. The van der Waals surface area contributed by atoms with Crippen molar-refractivity contribution in [1.82, 2.24) is 25.3 Å². The first-order valence-electron chi connectivity index (χ1n) is 9.22. The van der Waals surface area contributed by atoms with E-state index in [0.29, 0.717) is 41.6 Å². The number of ether oxygens (including phenoxy) is 2. The van der Waals surface area contributed by atoms with Gasteiger partial charge in [0.1, 0.15) is 16.8 Å². The number of rotatable bonds is 5. The van der Waals surface area contributed by atoms with E-state index in [9.17, 15) is 0 Å². The molecule has 0 aliphatic carbocycles. The van der Waals surface area contributed by atoms with Gasteiger partial charge in [-0.2, -0.15) is 5.10 Å². The summed E-state index contributed by atoms with van der Waals surface area (Å²) in [7, 11) is 1.67. The summed E-state index contributed by atoms with van der Waals surface area (Å²) in [5.74, 6) is 2.27. The van der Waals surface area contributed by atoms with Gasteiger partial charge in [0.25, 0.3) is 0 Å². The summed E-state index contributed by atoms with van der Waals surface area (Å²) in [5.41, 5.74) is 3.24. The second-order valence-electron chi connectivity index (χ2n) is 6.51. The van der Waals surface area contributed by atoms with Crippen molar-refractivity contribution in [2.24, 2.45) is 0 Å². The Hall–Kier alpha value is -3.66. The Morgan fingerprint density at radius 2 is 2.07 bits per heavy atom. The van der Waals surface area contributed by atoms with Crippen molar-refractivity contribution in [3.8, 4) is 17.3 Å². The van der Waals surface area contributed by atoms with E-state index in [1.807, 2.05) is 18.2 Å². The quantitative estimate of drug-likeness (QED) is 0.528. The fourth-order valence-electron chi connectivity index (χ4n) is 3.33. The maximum absolute atomic E-state index is 5.63. The van der Waals surface area contributed by atoms with Gasteiger partial charge in [-0.3, -0.25) is 5.10 Å². The van der Waals surface area contributed by atoms with Crippen LogP contribution in [0.2, 0.25) is 0 Å². The Morgan fingerprint density at radius 1 is 1.17 bits per heavy atom. The molecule has 0 radical (unpaired) electrons. The van der Waals surface area contributed by atoms with Gasteiger partial charge in [0.05, 0.1) is 38.4 Å². The van der Waals surface area contributed by atoms with E-state index in [1.54, 1.807) is 25.6 Å². The van der Waals surface area contributed by atoms with Crippen molar-refractivity contribution in [3.05, 3.63) is 36.7 Å². The molecule has 1 aliphatic heterocycles. The third-order valence-corrected chi connectivity index (χ3v) is 4.75. The van der Waals surface area contributed by atoms with Crippen molar-refractivity contribution >= 4 is 28.2 Å². The summed E-state index contributed by atoms with van der Waals surface area (Å²) in [6.07, 6.45) is 3.20. The molecule has 10 nitrogen and oxygen atoms in total. The number of hydrogen-bond acceptors (Lipinski definition) is 9. The van der Waals surface area contributed by atoms with Gasteiger partial charge in [0.2, 0.25) is 11.6 Å². The number of methoxy groups -OCH3 is 1. The largest absolute Gasteiger partial charge is 0.495 e. The molecule has 29 heavy (non-hydrogen) atoms. The number of nitrogens with zero attached hydrogens (tertiary/aromatic N) is 5. The molecular formula is C19H19N7O3. The van der Waals surface area contributed by atoms with Crippen LogP contribution in [0, 0.1) is 0 Å². The third-order valence-electron chi connectivity index (χ3n) is 4.75. The standard InChI is InChI=1S/C19H19N7O3/c1-27-16-10-12(2-3-14(16)26-6-8-28-9-7-26)22-19-17-13(11-20-25-17)23-18(24-19)15-4-5-21-29-15/h2-5,10-11H,6-9H2,1H3,(H,20,25)(H,22,23,24). The molecule has 1 saturated heterocycles.